The van der Waals surface area contributed by atoms with Crippen LogP contribution in [0.1, 0.15) is 316 Å². The Bertz CT molecular complexity index is 1090. The molecule has 0 aliphatic rings. The van der Waals surface area contributed by atoms with E-state index < -0.39 is 12.1 Å². The summed E-state index contributed by atoms with van der Waals surface area (Å²) in [5.41, 5.74) is 0. The highest BCUT2D eigenvalue weighted by molar-refractivity contribution is 5.76. The fourth-order valence-electron chi connectivity index (χ4n) is 9.08. The van der Waals surface area contributed by atoms with Crippen molar-refractivity contribution in [3.8, 4) is 0 Å². The van der Waals surface area contributed by atoms with Gasteiger partial charge in [0.15, 0.2) is 0 Å². The monoisotopic (exact) mass is 942 g/mol. The van der Waals surface area contributed by atoms with Crippen LogP contribution in [0.4, 0.5) is 0 Å². The number of unbranched alkanes of at least 4 members (excludes halogenated alkanes) is 38. The summed E-state index contributed by atoms with van der Waals surface area (Å²) in [6.07, 6.45) is 70.0. The van der Waals surface area contributed by atoms with Gasteiger partial charge in [-0.05, 0) is 89.9 Å². The van der Waals surface area contributed by atoms with Crippen molar-refractivity contribution in [3.05, 3.63) is 36.5 Å². The summed E-state index contributed by atoms with van der Waals surface area (Å²) in [5.74, 6) is -0.0665. The maximum Gasteiger partial charge on any atom is 0.305 e. The Kier molecular flexibility index (Phi) is 55.0. The molecule has 0 rings (SSSR count). The van der Waals surface area contributed by atoms with E-state index in [1.165, 1.54) is 199 Å². The molecule has 6 nitrogen and oxygen atoms in total. The lowest BCUT2D eigenvalue weighted by Crippen LogP contribution is -2.45. The molecular weight excluding hydrogens is 827 g/mol. The van der Waals surface area contributed by atoms with Gasteiger partial charge in [0.2, 0.25) is 5.91 Å². The maximum absolute atomic E-state index is 12.5. The van der Waals surface area contributed by atoms with Crippen LogP contribution in [-0.4, -0.2) is 47.4 Å². The van der Waals surface area contributed by atoms with Crippen molar-refractivity contribution in [1.82, 2.24) is 5.32 Å². The molecule has 394 valence electrons. The highest BCUT2D eigenvalue weighted by atomic mass is 16.5. The molecule has 0 aromatic rings. The molecule has 2 unspecified atom stereocenters. The number of hydrogen-bond acceptors (Lipinski definition) is 5. The van der Waals surface area contributed by atoms with Gasteiger partial charge in [-0.1, -0.05) is 249 Å². The first-order valence-electron chi connectivity index (χ1n) is 29.7. The number of esters is 1. The molecule has 0 radical (unpaired) electrons. The SMILES string of the molecule is CCCCCCCC/C=C\CCCCCCCCCCCC(=O)OCCCCC/C=C\C/C=C\CCCCCCCCCC(=O)NC(CO)C(O)CCCCCCCCCCCCCCCC. The van der Waals surface area contributed by atoms with E-state index in [9.17, 15) is 19.8 Å². The van der Waals surface area contributed by atoms with Crippen LogP contribution in [0.25, 0.3) is 0 Å². The lowest BCUT2D eigenvalue weighted by atomic mass is 10.0. The molecule has 0 aliphatic carbocycles. The number of carbonyl (C=O) groups is 2. The van der Waals surface area contributed by atoms with Gasteiger partial charge in [-0.2, -0.15) is 0 Å². The van der Waals surface area contributed by atoms with Gasteiger partial charge in [0.25, 0.3) is 0 Å². The van der Waals surface area contributed by atoms with E-state index in [0.29, 0.717) is 25.9 Å². The number of rotatable bonds is 55. The Balaban J connectivity index is 3.47. The number of allylic oxidation sites excluding steroid dienone is 6. The summed E-state index contributed by atoms with van der Waals surface area (Å²) in [7, 11) is 0. The lowest BCUT2D eigenvalue weighted by molar-refractivity contribution is -0.143. The van der Waals surface area contributed by atoms with Crippen LogP contribution in [0.2, 0.25) is 0 Å². The second kappa shape index (κ2) is 56.7. The van der Waals surface area contributed by atoms with Crippen LogP contribution >= 0.6 is 0 Å². The van der Waals surface area contributed by atoms with Gasteiger partial charge >= 0.3 is 5.97 Å². The first-order valence-corrected chi connectivity index (χ1v) is 29.7. The van der Waals surface area contributed by atoms with Gasteiger partial charge in [0.1, 0.15) is 0 Å². The second-order valence-electron chi connectivity index (χ2n) is 20.3. The first-order chi connectivity index (χ1) is 33.0. The minimum atomic E-state index is -0.675. The number of aliphatic hydroxyl groups is 2. The summed E-state index contributed by atoms with van der Waals surface area (Å²) in [6.45, 7) is 4.91. The molecule has 0 bridgehead atoms. The van der Waals surface area contributed by atoms with Gasteiger partial charge in [0, 0.05) is 12.8 Å². The number of aliphatic hydroxyl groups excluding tert-OH is 2. The van der Waals surface area contributed by atoms with Crippen LogP contribution in [0, 0.1) is 0 Å². The lowest BCUT2D eigenvalue weighted by Gasteiger charge is -2.22. The molecule has 0 spiro atoms. The molecule has 3 N–H and O–H groups in total. The van der Waals surface area contributed by atoms with E-state index in [2.05, 4.69) is 55.6 Å². The molecule has 0 fully saturated rings. The largest absolute Gasteiger partial charge is 0.466 e. The van der Waals surface area contributed by atoms with Crippen LogP contribution in [-0.2, 0) is 14.3 Å². The molecule has 0 saturated heterocycles. The number of amides is 1. The molecular formula is C61H115NO5. The highest BCUT2D eigenvalue weighted by Gasteiger charge is 2.20. The van der Waals surface area contributed by atoms with Gasteiger partial charge < -0.3 is 20.3 Å². The van der Waals surface area contributed by atoms with E-state index in [0.717, 1.165) is 83.5 Å². The van der Waals surface area contributed by atoms with Crippen molar-refractivity contribution in [2.45, 2.75) is 328 Å². The third kappa shape index (κ3) is 53.3. The van der Waals surface area contributed by atoms with Crippen molar-refractivity contribution in [2.75, 3.05) is 13.2 Å². The zero-order valence-electron chi connectivity index (χ0n) is 44.9. The van der Waals surface area contributed by atoms with E-state index in [4.69, 9.17) is 4.74 Å². The predicted octanol–water partition coefficient (Wildman–Crippen LogP) is 18.4. The van der Waals surface area contributed by atoms with Crippen molar-refractivity contribution < 1.29 is 24.5 Å². The predicted molar refractivity (Wildman–Crippen MR) is 292 cm³/mol. The van der Waals surface area contributed by atoms with Crippen molar-refractivity contribution in [3.63, 3.8) is 0 Å². The van der Waals surface area contributed by atoms with Crippen LogP contribution in [0.5, 0.6) is 0 Å². The molecule has 0 saturated carbocycles. The summed E-state index contributed by atoms with van der Waals surface area (Å²) < 4.78 is 5.47. The van der Waals surface area contributed by atoms with Crippen LogP contribution < -0.4 is 5.32 Å². The zero-order valence-corrected chi connectivity index (χ0v) is 44.9. The minimum absolute atomic E-state index is 0.0159. The number of hydrogen-bond donors (Lipinski definition) is 3. The normalized spacial score (nSPS) is 12.8. The third-order valence-corrected chi connectivity index (χ3v) is 13.7. The number of ether oxygens (including phenoxy) is 1. The average molecular weight is 943 g/mol. The van der Waals surface area contributed by atoms with Gasteiger partial charge in [0.05, 0.1) is 25.4 Å². The molecule has 2 atom stereocenters. The topological polar surface area (TPSA) is 95.9 Å². The van der Waals surface area contributed by atoms with E-state index in [1.54, 1.807) is 0 Å². The van der Waals surface area contributed by atoms with Crippen molar-refractivity contribution in [2.24, 2.45) is 0 Å². The molecule has 6 heteroatoms. The quantitative estimate of drug-likeness (QED) is 0.0321. The van der Waals surface area contributed by atoms with Crippen molar-refractivity contribution >= 4 is 11.9 Å². The van der Waals surface area contributed by atoms with Crippen LogP contribution in [0.3, 0.4) is 0 Å². The summed E-state index contributed by atoms with van der Waals surface area (Å²) >= 11 is 0. The van der Waals surface area contributed by atoms with E-state index in [-0.39, 0.29) is 18.5 Å². The molecule has 0 heterocycles. The second-order valence-corrected chi connectivity index (χ2v) is 20.3. The third-order valence-electron chi connectivity index (χ3n) is 13.7. The maximum atomic E-state index is 12.5. The molecule has 1 amide bonds. The molecule has 0 aromatic carbocycles. The Labute approximate surface area is 417 Å². The van der Waals surface area contributed by atoms with Gasteiger partial charge in [-0.15, -0.1) is 0 Å². The first kappa shape index (κ1) is 65.1. The van der Waals surface area contributed by atoms with E-state index in [1.807, 2.05) is 0 Å². The molecule has 67 heavy (non-hydrogen) atoms. The van der Waals surface area contributed by atoms with Crippen LogP contribution in [0.15, 0.2) is 36.5 Å². The molecule has 0 aromatic heterocycles. The highest BCUT2D eigenvalue weighted by Crippen LogP contribution is 2.17. The Morgan fingerprint density at radius 1 is 0.418 bits per heavy atom. The Morgan fingerprint density at radius 2 is 0.746 bits per heavy atom. The zero-order chi connectivity index (χ0) is 48.6. The average Bonchev–Trinajstić information content (AvgIpc) is 3.33. The summed E-state index contributed by atoms with van der Waals surface area (Å²) in [5, 5.41) is 23.2. The minimum Gasteiger partial charge on any atom is -0.466 e. The van der Waals surface area contributed by atoms with Gasteiger partial charge in [-0.25, -0.2) is 0 Å². The Hall–Kier alpha value is -1.92. The fourth-order valence-corrected chi connectivity index (χ4v) is 9.08. The molecule has 0 aliphatic heterocycles. The Morgan fingerprint density at radius 3 is 1.15 bits per heavy atom. The van der Waals surface area contributed by atoms with Gasteiger partial charge in [-0.3, -0.25) is 9.59 Å². The summed E-state index contributed by atoms with van der Waals surface area (Å²) in [4.78, 5) is 24.5. The standard InChI is InChI=1S/C61H115NO5/c1-3-5-7-9-11-13-15-17-19-20-21-24-27-31-35-39-43-47-51-55-61(66)67-56-52-48-44-40-36-32-28-25-22-23-26-30-34-38-42-46-50-54-60(65)62-58(57-63)59(64)53-49-45-41-37-33-29-18-16-14-12-10-8-6-4-2/h17,19,22,25,32,36,58-59,63-64H,3-16,18,20-21,23-24,26-31,33-35,37-57H2,1-2H3,(H,62,65)/b19-17-,25-22-,36-32-. The number of nitrogens with one attached hydrogen (secondary N) is 1. The van der Waals surface area contributed by atoms with E-state index >= 15 is 0 Å². The number of carbonyl (C=O) groups excluding carboxylic acids is 2. The fraction of sp³-hybridized carbons (Fsp3) is 0.869. The smallest absolute Gasteiger partial charge is 0.305 e. The van der Waals surface area contributed by atoms with Crippen molar-refractivity contribution in [1.29, 1.82) is 0 Å². The summed E-state index contributed by atoms with van der Waals surface area (Å²) in [6, 6.07) is -0.554.